The number of piperazine rings is 1. The number of rotatable bonds is 8. The molecule has 0 bridgehead atoms. The lowest BCUT2D eigenvalue weighted by Gasteiger charge is -2.36. The van der Waals surface area contributed by atoms with Crippen molar-refractivity contribution in [3.63, 3.8) is 0 Å². The highest BCUT2D eigenvalue weighted by Gasteiger charge is 2.21. The third-order valence-corrected chi connectivity index (χ3v) is 7.12. The van der Waals surface area contributed by atoms with E-state index in [-0.39, 0.29) is 12.5 Å². The third-order valence-electron chi connectivity index (χ3n) is 6.22. The first kappa shape index (κ1) is 25.9. The highest BCUT2D eigenvalue weighted by Crippen LogP contribution is 2.29. The highest BCUT2D eigenvalue weighted by atomic mass is 35.5. The molecule has 1 saturated heterocycles. The molecule has 0 aromatic heterocycles. The average molecular weight is 524 g/mol. The summed E-state index contributed by atoms with van der Waals surface area (Å²) >= 11 is 11.9. The minimum atomic E-state index is -0.282. The number of carbonyl (C=O) groups excluding carboxylic acids is 1. The van der Waals surface area contributed by atoms with Gasteiger partial charge in [-0.2, -0.15) is 0 Å². The van der Waals surface area contributed by atoms with E-state index < -0.39 is 0 Å². The molecule has 0 atom stereocenters. The van der Waals surface area contributed by atoms with Crippen molar-refractivity contribution in [2.75, 3.05) is 45.2 Å². The Morgan fingerprint density at radius 2 is 1.75 bits per heavy atom. The first-order valence-electron chi connectivity index (χ1n) is 11.9. The normalized spacial score (nSPS) is 13.8. The number of amides is 1. The lowest BCUT2D eigenvalue weighted by atomic mass is 10.1. The fourth-order valence-electron chi connectivity index (χ4n) is 4.13. The summed E-state index contributed by atoms with van der Waals surface area (Å²) in [6, 6.07) is 21.5. The van der Waals surface area contributed by atoms with Crippen molar-refractivity contribution in [1.29, 1.82) is 0 Å². The summed E-state index contributed by atoms with van der Waals surface area (Å²) in [7, 11) is 1.58. The smallest absolute Gasteiger partial charge is 0.262 e. The molecule has 1 amide bonds. The summed E-state index contributed by atoms with van der Waals surface area (Å²) in [4.78, 5) is 17.9. The summed E-state index contributed by atoms with van der Waals surface area (Å²) in [6.07, 6.45) is 0. The van der Waals surface area contributed by atoms with Crippen molar-refractivity contribution in [2.45, 2.75) is 13.5 Å². The standard InChI is InChI=1S/C28H30ClN3O3S/c1-20-23(29)9-6-10-24(20)30-27(33)19-35-25-12-11-22(17-26(25)34-2)28(36)32-15-13-31(14-16-32)18-21-7-4-3-5-8-21/h3-12,17H,13-16,18-19H2,1-2H3,(H,30,33). The maximum atomic E-state index is 12.4. The zero-order valence-electron chi connectivity index (χ0n) is 20.5. The molecular weight excluding hydrogens is 494 g/mol. The molecule has 8 heteroatoms. The molecule has 3 aromatic carbocycles. The fraction of sp³-hybridized carbons (Fsp3) is 0.286. The van der Waals surface area contributed by atoms with E-state index in [4.69, 9.17) is 33.3 Å². The number of hydrogen-bond acceptors (Lipinski definition) is 5. The lowest BCUT2D eigenvalue weighted by molar-refractivity contribution is -0.118. The van der Waals surface area contributed by atoms with Gasteiger partial charge in [0.05, 0.1) is 7.11 Å². The minimum Gasteiger partial charge on any atom is -0.493 e. The van der Waals surface area contributed by atoms with Crippen LogP contribution in [0.15, 0.2) is 66.7 Å². The van der Waals surface area contributed by atoms with Crippen molar-refractivity contribution in [3.05, 3.63) is 88.4 Å². The van der Waals surface area contributed by atoms with Crippen LogP contribution in [-0.2, 0) is 11.3 Å². The predicted molar refractivity (Wildman–Crippen MR) is 148 cm³/mol. The molecule has 4 rings (SSSR count). The van der Waals surface area contributed by atoms with E-state index in [9.17, 15) is 4.79 Å². The van der Waals surface area contributed by atoms with Gasteiger partial charge < -0.3 is 19.7 Å². The molecule has 3 aromatic rings. The van der Waals surface area contributed by atoms with Crippen LogP contribution in [0, 0.1) is 6.92 Å². The number of halogens is 1. The molecule has 1 aliphatic rings. The van der Waals surface area contributed by atoms with Crippen LogP contribution in [0.1, 0.15) is 16.7 Å². The molecule has 1 heterocycles. The first-order chi connectivity index (χ1) is 17.4. The molecule has 0 aliphatic carbocycles. The summed E-state index contributed by atoms with van der Waals surface area (Å²) in [6.45, 7) is 6.29. The van der Waals surface area contributed by atoms with Gasteiger partial charge in [-0.15, -0.1) is 0 Å². The summed E-state index contributed by atoms with van der Waals surface area (Å²) < 4.78 is 11.3. The second-order valence-corrected chi connectivity index (χ2v) is 9.46. The Balaban J connectivity index is 1.32. The summed E-state index contributed by atoms with van der Waals surface area (Å²) in [5.41, 5.74) is 3.69. The molecule has 0 radical (unpaired) electrons. The molecule has 188 valence electrons. The van der Waals surface area contributed by atoms with Crippen LogP contribution < -0.4 is 14.8 Å². The predicted octanol–water partition coefficient (Wildman–Crippen LogP) is 5.17. The van der Waals surface area contributed by atoms with Gasteiger partial charge in [0.15, 0.2) is 18.1 Å². The number of nitrogens with one attached hydrogen (secondary N) is 1. The Labute approximate surface area is 222 Å². The van der Waals surface area contributed by atoms with E-state index >= 15 is 0 Å². The van der Waals surface area contributed by atoms with Gasteiger partial charge in [0.1, 0.15) is 4.99 Å². The van der Waals surface area contributed by atoms with Crippen LogP contribution >= 0.6 is 23.8 Å². The molecule has 1 fully saturated rings. The van der Waals surface area contributed by atoms with Crippen molar-refractivity contribution < 1.29 is 14.3 Å². The van der Waals surface area contributed by atoms with E-state index in [0.717, 1.165) is 48.8 Å². The van der Waals surface area contributed by atoms with Gasteiger partial charge in [-0.05, 0) is 48.4 Å². The van der Waals surface area contributed by atoms with Gasteiger partial charge in [-0.1, -0.05) is 60.2 Å². The fourth-order valence-corrected chi connectivity index (χ4v) is 4.61. The zero-order chi connectivity index (χ0) is 25.5. The monoisotopic (exact) mass is 523 g/mol. The molecular formula is C28H30ClN3O3S. The SMILES string of the molecule is COc1cc(C(=S)N2CCN(Cc3ccccc3)CC2)ccc1OCC(=O)Nc1cccc(Cl)c1C. The van der Waals surface area contributed by atoms with Crippen molar-refractivity contribution >= 4 is 40.4 Å². The molecule has 0 unspecified atom stereocenters. The quantitative estimate of drug-likeness (QED) is 0.411. The maximum absolute atomic E-state index is 12.4. The molecule has 36 heavy (non-hydrogen) atoms. The first-order valence-corrected chi connectivity index (χ1v) is 12.6. The molecule has 1 N–H and O–H groups in total. The summed E-state index contributed by atoms with van der Waals surface area (Å²) in [5.74, 6) is 0.731. The Kier molecular flexibility index (Phi) is 8.80. The van der Waals surface area contributed by atoms with Gasteiger partial charge >= 0.3 is 0 Å². The topological polar surface area (TPSA) is 54.0 Å². The van der Waals surface area contributed by atoms with Crippen LogP contribution in [-0.4, -0.2) is 60.6 Å². The number of thiocarbonyl (C=S) groups is 1. The second kappa shape index (κ2) is 12.2. The number of benzene rings is 3. The van der Waals surface area contributed by atoms with E-state index in [0.29, 0.717) is 22.2 Å². The molecule has 6 nitrogen and oxygen atoms in total. The summed E-state index contributed by atoms with van der Waals surface area (Å²) in [5, 5.41) is 3.43. The molecule has 0 spiro atoms. The number of anilines is 1. The van der Waals surface area contributed by atoms with Gasteiger partial charge in [0.25, 0.3) is 5.91 Å². The van der Waals surface area contributed by atoms with Crippen LogP contribution in [0.25, 0.3) is 0 Å². The number of nitrogens with zero attached hydrogens (tertiary/aromatic N) is 2. The number of carbonyl (C=O) groups is 1. The van der Waals surface area contributed by atoms with Crippen molar-refractivity contribution in [3.8, 4) is 11.5 Å². The van der Waals surface area contributed by atoms with Crippen molar-refractivity contribution in [2.24, 2.45) is 0 Å². The number of methoxy groups -OCH3 is 1. The third kappa shape index (κ3) is 6.55. The Hall–Kier alpha value is -3.13. The van der Waals surface area contributed by atoms with Crippen molar-refractivity contribution in [1.82, 2.24) is 9.80 Å². The minimum absolute atomic E-state index is 0.157. The van der Waals surface area contributed by atoms with Gasteiger partial charge in [0, 0.05) is 49.0 Å². The van der Waals surface area contributed by atoms with Gasteiger partial charge in [-0.25, -0.2) is 0 Å². The Morgan fingerprint density at radius 3 is 2.47 bits per heavy atom. The Bertz CT molecular complexity index is 1210. The van der Waals surface area contributed by atoms with E-state index in [1.54, 1.807) is 31.4 Å². The van der Waals surface area contributed by atoms with Crippen LogP contribution in [0.5, 0.6) is 11.5 Å². The van der Waals surface area contributed by atoms with Crippen LogP contribution in [0.3, 0.4) is 0 Å². The lowest BCUT2D eigenvalue weighted by Crippen LogP contribution is -2.48. The molecule has 0 saturated carbocycles. The van der Waals surface area contributed by atoms with E-state index in [1.165, 1.54) is 5.56 Å². The van der Waals surface area contributed by atoms with Gasteiger partial charge in [0.2, 0.25) is 0 Å². The van der Waals surface area contributed by atoms with Crippen LogP contribution in [0.2, 0.25) is 5.02 Å². The number of ether oxygens (including phenoxy) is 2. The van der Waals surface area contributed by atoms with E-state index in [1.807, 2.05) is 25.1 Å². The number of hydrogen-bond donors (Lipinski definition) is 1. The largest absolute Gasteiger partial charge is 0.493 e. The maximum Gasteiger partial charge on any atom is 0.262 e. The molecule has 1 aliphatic heterocycles. The second-order valence-electron chi connectivity index (χ2n) is 8.67. The van der Waals surface area contributed by atoms with Crippen LogP contribution in [0.4, 0.5) is 5.69 Å². The average Bonchev–Trinajstić information content (AvgIpc) is 2.90. The zero-order valence-corrected chi connectivity index (χ0v) is 22.1. The van der Waals surface area contributed by atoms with Gasteiger partial charge in [-0.3, -0.25) is 9.69 Å². The highest BCUT2D eigenvalue weighted by molar-refractivity contribution is 7.80. The Morgan fingerprint density at radius 1 is 1.00 bits per heavy atom. The van der Waals surface area contributed by atoms with E-state index in [2.05, 4.69) is 39.4 Å².